The lowest BCUT2D eigenvalue weighted by Gasteiger charge is -2.05. The SMILES string of the molecule is CNCc1ccc(OCc2ccoc2)cc1. The molecule has 3 heteroatoms. The highest BCUT2D eigenvalue weighted by Gasteiger charge is 1.97. The highest BCUT2D eigenvalue weighted by atomic mass is 16.5. The molecule has 1 aromatic heterocycles. The molecule has 0 amide bonds. The first-order chi connectivity index (χ1) is 7.88. The van der Waals surface area contributed by atoms with E-state index in [0.717, 1.165) is 17.9 Å². The van der Waals surface area contributed by atoms with Crippen LogP contribution in [0.2, 0.25) is 0 Å². The Morgan fingerprint density at radius 3 is 2.56 bits per heavy atom. The Kier molecular flexibility index (Phi) is 3.62. The third-order valence-corrected chi connectivity index (χ3v) is 2.29. The minimum absolute atomic E-state index is 0.544. The molecular weight excluding hydrogens is 202 g/mol. The van der Waals surface area contributed by atoms with Crippen LogP contribution in [0.5, 0.6) is 5.75 Å². The lowest BCUT2D eigenvalue weighted by molar-refractivity contribution is 0.304. The van der Waals surface area contributed by atoms with Crippen molar-refractivity contribution in [2.45, 2.75) is 13.2 Å². The molecule has 0 aliphatic rings. The molecule has 1 aromatic carbocycles. The normalized spacial score (nSPS) is 10.3. The summed E-state index contributed by atoms with van der Waals surface area (Å²) in [6, 6.07) is 9.97. The minimum Gasteiger partial charge on any atom is -0.489 e. The van der Waals surface area contributed by atoms with E-state index in [1.165, 1.54) is 5.56 Å². The molecule has 0 saturated carbocycles. The highest BCUT2D eigenvalue weighted by molar-refractivity contribution is 5.27. The summed E-state index contributed by atoms with van der Waals surface area (Å²) < 4.78 is 10.6. The van der Waals surface area contributed by atoms with E-state index < -0.39 is 0 Å². The first-order valence-corrected chi connectivity index (χ1v) is 5.26. The summed E-state index contributed by atoms with van der Waals surface area (Å²) in [7, 11) is 1.93. The van der Waals surface area contributed by atoms with Crippen molar-refractivity contribution in [3.05, 3.63) is 54.0 Å². The van der Waals surface area contributed by atoms with Crippen LogP contribution >= 0.6 is 0 Å². The predicted octanol–water partition coefficient (Wildman–Crippen LogP) is 2.58. The molecule has 0 unspecified atom stereocenters. The first-order valence-electron chi connectivity index (χ1n) is 5.26. The quantitative estimate of drug-likeness (QED) is 0.835. The van der Waals surface area contributed by atoms with Gasteiger partial charge in [-0.25, -0.2) is 0 Å². The number of nitrogens with one attached hydrogen (secondary N) is 1. The fourth-order valence-corrected chi connectivity index (χ4v) is 1.45. The van der Waals surface area contributed by atoms with Gasteiger partial charge in [0.05, 0.1) is 12.5 Å². The topological polar surface area (TPSA) is 34.4 Å². The molecular formula is C13H15NO2. The summed E-state index contributed by atoms with van der Waals surface area (Å²) in [5.74, 6) is 0.876. The van der Waals surface area contributed by atoms with Crippen molar-refractivity contribution in [1.29, 1.82) is 0 Å². The molecule has 0 fully saturated rings. The standard InChI is InChI=1S/C13H15NO2/c1-14-8-11-2-4-13(5-3-11)16-10-12-6-7-15-9-12/h2-7,9,14H,8,10H2,1H3. The van der Waals surface area contributed by atoms with Crippen molar-refractivity contribution in [2.75, 3.05) is 7.05 Å². The molecule has 0 saturated heterocycles. The van der Waals surface area contributed by atoms with Gasteiger partial charge in [-0.3, -0.25) is 0 Å². The van der Waals surface area contributed by atoms with Gasteiger partial charge in [-0.05, 0) is 30.8 Å². The number of hydrogen-bond acceptors (Lipinski definition) is 3. The van der Waals surface area contributed by atoms with Crippen LogP contribution in [-0.2, 0) is 13.2 Å². The zero-order valence-electron chi connectivity index (χ0n) is 9.27. The van der Waals surface area contributed by atoms with Crippen LogP contribution in [0.3, 0.4) is 0 Å². The number of furan rings is 1. The average Bonchev–Trinajstić information content (AvgIpc) is 2.82. The molecule has 16 heavy (non-hydrogen) atoms. The maximum Gasteiger partial charge on any atom is 0.119 e. The Hall–Kier alpha value is -1.74. The van der Waals surface area contributed by atoms with Crippen molar-refractivity contribution in [1.82, 2.24) is 5.32 Å². The molecule has 0 aliphatic carbocycles. The van der Waals surface area contributed by atoms with Gasteiger partial charge < -0.3 is 14.5 Å². The lowest BCUT2D eigenvalue weighted by atomic mass is 10.2. The van der Waals surface area contributed by atoms with E-state index in [-0.39, 0.29) is 0 Å². The summed E-state index contributed by atoms with van der Waals surface area (Å²) in [4.78, 5) is 0. The molecule has 1 heterocycles. The Morgan fingerprint density at radius 2 is 1.94 bits per heavy atom. The Bertz CT molecular complexity index is 406. The van der Waals surface area contributed by atoms with E-state index in [1.54, 1.807) is 12.5 Å². The molecule has 2 aromatic rings. The molecule has 0 spiro atoms. The lowest BCUT2D eigenvalue weighted by Crippen LogP contribution is -2.04. The van der Waals surface area contributed by atoms with E-state index in [4.69, 9.17) is 9.15 Å². The summed E-state index contributed by atoms with van der Waals surface area (Å²) in [5, 5.41) is 3.10. The maximum atomic E-state index is 5.60. The maximum absolute atomic E-state index is 5.60. The number of rotatable bonds is 5. The third-order valence-electron chi connectivity index (χ3n) is 2.29. The van der Waals surface area contributed by atoms with Gasteiger partial charge in [-0.2, -0.15) is 0 Å². The smallest absolute Gasteiger partial charge is 0.119 e. The molecule has 3 nitrogen and oxygen atoms in total. The largest absolute Gasteiger partial charge is 0.489 e. The number of ether oxygens (including phenoxy) is 1. The van der Waals surface area contributed by atoms with Crippen molar-refractivity contribution in [3.63, 3.8) is 0 Å². The highest BCUT2D eigenvalue weighted by Crippen LogP contribution is 2.14. The second kappa shape index (κ2) is 5.37. The first kappa shape index (κ1) is 10.8. The van der Waals surface area contributed by atoms with Gasteiger partial charge in [0.15, 0.2) is 0 Å². The minimum atomic E-state index is 0.544. The van der Waals surface area contributed by atoms with Gasteiger partial charge in [-0.15, -0.1) is 0 Å². The molecule has 2 rings (SSSR count). The Labute approximate surface area is 95.0 Å². The van der Waals surface area contributed by atoms with Crippen LogP contribution in [0.15, 0.2) is 47.3 Å². The summed E-state index contributed by atoms with van der Waals surface area (Å²) in [5.41, 5.74) is 2.29. The van der Waals surface area contributed by atoms with Crippen molar-refractivity contribution >= 4 is 0 Å². The molecule has 0 aliphatic heterocycles. The van der Waals surface area contributed by atoms with Gasteiger partial charge >= 0.3 is 0 Å². The van der Waals surface area contributed by atoms with Gasteiger partial charge in [0.2, 0.25) is 0 Å². The van der Waals surface area contributed by atoms with Crippen LogP contribution in [0.4, 0.5) is 0 Å². The fraction of sp³-hybridized carbons (Fsp3) is 0.231. The van der Waals surface area contributed by atoms with E-state index in [0.29, 0.717) is 6.61 Å². The fourth-order valence-electron chi connectivity index (χ4n) is 1.45. The van der Waals surface area contributed by atoms with Crippen LogP contribution in [0, 0.1) is 0 Å². The molecule has 1 N–H and O–H groups in total. The number of hydrogen-bond donors (Lipinski definition) is 1. The molecule has 0 bridgehead atoms. The predicted molar refractivity (Wildman–Crippen MR) is 62.2 cm³/mol. The Morgan fingerprint density at radius 1 is 1.12 bits per heavy atom. The molecule has 0 radical (unpaired) electrons. The van der Waals surface area contributed by atoms with Gasteiger partial charge in [0, 0.05) is 12.1 Å². The third kappa shape index (κ3) is 2.87. The number of benzene rings is 1. The monoisotopic (exact) mass is 217 g/mol. The summed E-state index contributed by atoms with van der Waals surface area (Å²) >= 11 is 0. The second-order valence-electron chi connectivity index (χ2n) is 3.59. The van der Waals surface area contributed by atoms with E-state index >= 15 is 0 Å². The zero-order chi connectivity index (χ0) is 11.2. The van der Waals surface area contributed by atoms with Crippen LogP contribution in [0.25, 0.3) is 0 Å². The van der Waals surface area contributed by atoms with E-state index in [2.05, 4.69) is 17.4 Å². The van der Waals surface area contributed by atoms with Crippen LogP contribution in [-0.4, -0.2) is 7.05 Å². The van der Waals surface area contributed by atoms with E-state index in [9.17, 15) is 0 Å². The zero-order valence-corrected chi connectivity index (χ0v) is 9.27. The van der Waals surface area contributed by atoms with Crippen molar-refractivity contribution in [3.8, 4) is 5.75 Å². The van der Waals surface area contributed by atoms with Crippen LogP contribution < -0.4 is 10.1 Å². The molecule has 0 atom stereocenters. The van der Waals surface area contributed by atoms with Gasteiger partial charge in [0.1, 0.15) is 12.4 Å². The van der Waals surface area contributed by atoms with E-state index in [1.807, 2.05) is 25.2 Å². The van der Waals surface area contributed by atoms with Crippen LogP contribution in [0.1, 0.15) is 11.1 Å². The van der Waals surface area contributed by atoms with Crippen molar-refractivity contribution in [2.24, 2.45) is 0 Å². The summed E-state index contributed by atoms with van der Waals surface area (Å²) in [6.07, 6.45) is 3.34. The molecule has 84 valence electrons. The van der Waals surface area contributed by atoms with Gasteiger partial charge in [0.25, 0.3) is 0 Å². The average molecular weight is 217 g/mol. The van der Waals surface area contributed by atoms with Gasteiger partial charge in [-0.1, -0.05) is 12.1 Å². The van der Waals surface area contributed by atoms with Crippen molar-refractivity contribution < 1.29 is 9.15 Å². The second-order valence-corrected chi connectivity index (χ2v) is 3.59. The Balaban J connectivity index is 1.90. The summed E-state index contributed by atoms with van der Waals surface area (Å²) in [6.45, 7) is 1.42.